The third-order valence-electron chi connectivity index (χ3n) is 4.86. The number of nitrogens with zero attached hydrogens (tertiary/aromatic N) is 3. The summed E-state index contributed by atoms with van der Waals surface area (Å²) in [5, 5.41) is 13.4. The molecule has 0 spiro atoms. The summed E-state index contributed by atoms with van der Waals surface area (Å²) in [4.78, 5) is 27.3. The fourth-order valence-corrected chi connectivity index (χ4v) is 3.62. The molecule has 1 aliphatic heterocycles. The predicted octanol–water partition coefficient (Wildman–Crippen LogP) is 3.01. The van der Waals surface area contributed by atoms with Crippen LogP contribution >= 0.6 is 11.6 Å². The number of hydrogen-bond donors (Lipinski definition) is 1. The number of amides is 1. The van der Waals surface area contributed by atoms with Crippen LogP contribution in [0.3, 0.4) is 0 Å². The molecule has 8 heteroatoms. The van der Waals surface area contributed by atoms with Gasteiger partial charge in [0.1, 0.15) is 0 Å². The third kappa shape index (κ3) is 4.67. The summed E-state index contributed by atoms with van der Waals surface area (Å²) < 4.78 is 5.32. The number of likely N-dealkylation sites (tertiary alicyclic amines) is 1. The molecule has 1 amide bonds. The molecule has 1 atom stereocenters. The van der Waals surface area contributed by atoms with Gasteiger partial charge in [-0.05, 0) is 38.4 Å². The van der Waals surface area contributed by atoms with Gasteiger partial charge in [0, 0.05) is 30.8 Å². The second kappa shape index (κ2) is 8.54. The van der Waals surface area contributed by atoms with Crippen LogP contribution in [0, 0.1) is 0 Å². The molecule has 1 unspecified atom stereocenters. The number of aliphatic carboxylic acids is 1. The summed E-state index contributed by atoms with van der Waals surface area (Å²) in [6.07, 6.45) is 2.40. The molecule has 7 nitrogen and oxygen atoms in total. The lowest BCUT2D eigenvalue weighted by Gasteiger charge is -2.25. The normalized spacial score (nSPS) is 17.7. The van der Waals surface area contributed by atoms with Gasteiger partial charge < -0.3 is 14.5 Å². The first-order valence-corrected chi connectivity index (χ1v) is 9.26. The maximum Gasteiger partial charge on any atom is 0.317 e. The molecule has 1 aromatic carbocycles. The molecule has 1 saturated heterocycles. The van der Waals surface area contributed by atoms with Crippen molar-refractivity contribution in [3.63, 3.8) is 0 Å². The van der Waals surface area contributed by atoms with Crippen LogP contribution < -0.4 is 0 Å². The van der Waals surface area contributed by atoms with Crippen molar-refractivity contribution < 1.29 is 19.2 Å². The Balaban J connectivity index is 1.66. The molecule has 0 bridgehead atoms. The second-order valence-corrected chi connectivity index (χ2v) is 7.15. The zero-order valence-electron chi connectivity index (χ0n) is 15.1. The number of halogens is 1. The zero-order valence-corrected chi connectivity index (χ0v) is 15.9. The molecular weight excluding hydrogens is 370 g/mol. The van der Waals surface area contributed by atoms with Gasteiger partial charge in [-0.3, -0.25) is 14.5 Å². The maximum absolute atomic E-state index is 12.8. The van der Waals surface area contributed by atoms with Gasteiger partial charge in [0.15, 0.2) is 11.5 Å². The third-order valence-corrected chi connectivity index (χ3v) is 5.19. The summed E-state index contributed by atoms with van der Waals surface area (Å²) in [6, 6.07) is 8.99. The lowest BCUT2D eigenvalue weighted by Crippen LogP contribution is -2.37. The van der Waals surface area contributed by atoms with Crippen LogP contribution in [0.5, 0.6) is 0 Å². The highest BCUT2D eigenvalue weighted by atomic mass is 35.5. The fraction of sp³-hybridized carbons (Fsp3) is 0.421. The van der Waals surface area contributed by atoms with Gasteiger partial charge in [-0.25, -0.2) is 0 Å². The first kappa shape index (κ1) is 19.4. The number of carbonyl (C=O) groups excluding carboxylic acids is 1. The number of aromatic nitrogens is 1. The van der Waals surface area contributed by atoms with E-state index >= 15 is 0 Å². The van der Waals surface area contributed by atoms with Crippen molar-refractivity contribution in [2.75, 3.05) is 26.7 Å². The van der Waals surface area contributed by atoms with Gasteiger partial charge >= 0.3 is 5.97 Å². The van der Waals surface area contributed by atoms with E-state index in [0.29, 0.717) is 29.4 Å². The van der Waals surface area contributed by atoms with E-state index in [4.69, 9.17) is 21.2 Å². The molecule has 27 heavy (non-hydrogen) atoms. The number of benzene rings is 1. The van der Waals surface area contributed by atoms with Crippen molar-refractivity contribution in [3.8, 4) is 11.3 Å². The highest BCUT2D eigenvalue weighted by molar-refractivity contribution is 6.33. The van der Waals surface area contributed by atoms with E-state index in [1.165, 1.54) is 0 Å². The highest BCUT2D eigenvalue weighted by Gasteiger charge is 2.26. The monoisotopic (exact) mass is 391 g/mol. The number of carboxylic acid groups (broad SMARTS) is 1. The molecule has 1 fully saturated rings. The van der Waals surface area contributed by atoms with Crippen molar-refractivity contribution >= 4 is 23.5 Å². The van der Waals surface area contributed by atoms with Crippen LogP contribution in [0.2, 0.25) is 5.02 Å². The van der Waals surface area contributed by atoms with E-state index < -0.39 is 5.97 Å². The summed E-state index contributed by atoms with van der Waals surface area (Å²) in [5.74, 6) is -0.569. The van der Waals surface area contributed by atoms with E-state index in [1.54, 1.807) is 17.0 Å². The first-order chi connectivity index (χ1) is 13.0. The molecular formula is C19H22ClN3O4. The Kier molecular flexibility index (Phi) is 6.13. The minimum atomic E-state index is -0.843. The lowest BCUT2D eigenvalue weighted by atomic mass is 10.1. The van der Waals surface area contributed by atoms with E-state index in [-0.39, 0.29) is 24.2 Å². The number of hydrogen-bond acceptors (Lipinski definition) is 5. The summed E-state index contributed by atoms with van der Waals surface area (Å²) in [7, 11) is 1.81. The number of carbonyl (C=O) groups is 2. The maximum atomic E-state index is 12.8. The molecule has 144 valence electrons. The van der Waals surface area contributed by atoms with Gasteiger partial charge in [0.25, 0.3) is 5.91 Å². The van der Waals surface area contributed by atoms with Gasteiger partial charge in [0.05, 0.1) is 11.6 Å². The molecule has 1 aromatic heterocycles. The van der Waals surface area contributed by atoms with Gasteiger partial charge in [0.2, 0.25) is 0 Å². The van der Waals surface area contributed by atoms with Crippen LogP contribution in [-0.2, 0) is 4.79 Å². The van der Waals surface area contributed by atoms with Crippen molar-refractivity contribution in [2.45, 2.75) is 25.3 Å². The molecule has 0 saturated carbocycles. The van der Waals surface area contributed by atoms with Crippen LogP contribution in [0.1, 0.15) is 29.8 Å². The lowest BCUT2D eigenvalue weighted by molar-refractivity contribution is -0.138. The van der Waals surface area contributed by atoms with Crippen molar-refractivity contribution in [1.29, 1.82) is 0 Å². The van der Waals surface area contributed by atoms with E-state index in [0.717, 1.165) is 19.3 Å². The highest BCUT2D eigenvalue weighted by Crippen LogP contribution is 2.28. The number of likely N-dealkylation sites (N-methyl/N-ethyl adjacent to an activating group) is 1. The molecule has 3 rings (SSSR count). The summed E-state index contributed by atoms with van der Waals surface area (Å²) >= 11 is 6.17. The number of carboxylic acids is 1. The average Bonchev–Trinajstić information content (AvgIpc) is 2.98. The smallest absolute Gasteiger partial charge is 0.317 e. The number of rotatable bonds is 5. The Hall–Kier alpha value is -2.38. The first-order valence-electron chi connectivity index (χ1n) is 8.88. The summed E-state index contributed by atoms with van der Waals surface area (Å²) in [5.41, 5.74) is 0.944. The van der Waals surface area contributed by atoms with Crippen LogP contribution in [0.4, 0.5) is 0 Å². The van der Waals surface area contributed by atoms with Gasteiger partial charge in [-0.2, -0.15) is 0 Å². The Bertz CT molecular complexity index is 823. The Morgan fingerprint density at radius 1 is 1.33 bits per heavy atom. The minimum absolute atomic E-state index is 0.00307. The minimum Gasteiger partial charge on any atom is -0.480 e. The molecule has 2 heterocycles. The zero-order chi connectivity index (χ0) is 19.4. The Labute approximate surface area is 162 Å². The molecule has 1 aliphatic rings. The van der Waals surface area contributed by atoms with Crippen LogP contribution in [0.25, 0.3) is 11.3 Å². The van der Waals surface area contributed by atoms with E-state index in [9.17, 15) is 9.59 Å². The molecule has 0 radical (unpaired) electrons. The van der Waals surface area contributed by atoms with E-state index in [2.05, 4.69) is 5.16 Å². The van der Waals surface area contributed by atoms with Crippen molar-refractivity contribution in [1.82, 2.24) is 15.0 Å². The largest absolute Gasteiger partial charge is 0.480 e. The molecule has 1 N–H and O–H groups in total. The topological polar surface area (TPSA) is 86.9 Å². The van der Waals surface area contributed by atoms with Crippen molar-refractivity contribution in [2.24, 2.45) is 0 Å². The quantitative estimate of drug-likeness (QED) is 0.843. The van der Waals surface area contributed by atoms with Crippen LogP contribution in [-0.4, -0.2) is 64.7 Å². The van der Waals surface area contributed by atoms with Gasteiger partial charge in [-0.1, -0.05) is 28.9 Å². The van der Waals surface area contributed by atoms with Gasteiger partial charge in [-0.15, -0.1) is 0 Å². The van der Waals surface area contributed by atoms with E-state index in [1.807, 2.05) is 30.1 Å². The fourth-order valence-electron chi connectivity index (χ4n) is 3.39. The SMILES string of the molecule is CN(CC(=O)O)C1CCCN(C(=O)c2cc(-c3ccccc3Cl)on2)CC1. The average molecular weight is 392 g/mol. The second-order valence-electron chi connectivity index (χ2n) is 6.74. The van der Waals surface area contributed by atoms with Crippen molar-refractivity contribution in [3.05, 3.63) is 41.0 Å². The Morgan fingerprint density at radius 3 is 2.85 bits per heavy atom. The predicted molar refractivity (Wildman–Crippen MR) is 101 cm³/mol. The summed E-state index contributed by atoms with van der Waals surface area (Å²) in [6.45, 7) is 1.18. The van der Waals surface area contributed by atoms with Crippen LogP contribution in [0.15, 0.2) is 34.9 Å². The standard InChI is InChI=1S/C19H22ClN3O4/c1-22(12-18(24)25)13-5-4-9-23(10-8-13)19(26)16-11-17(27-21-16)14-6-2-3-7-15(14)20/h2-3,6-7,11,13H,4-5,8-10,12H2,1H3,(H,24,25). The molecule has 0 aliphatic carbocycles. The molecule has 2 aromatic rings. The Morgan fingerprint density at radius 2 is 2.11 bits per heavy atom.